The van der Waals surface area contributed by atoms with Crippen molar-refractivity contribution in [1.82, 2.24) is 15.5 Å². The molecule has 3 aliphatic rings. The summed E-state index contributed by atoms with van der Waals surface area (Å²) in [6.45, 7) is 7.31. The van der Waals surface area contributed by atoms with Gasteiger partial charge in [0, 0.05) is 31.2 Å². The maximum Gasteiger partial charge on any atom is 0.234 e. The fraction of sp³-hybridized carbons (Fsp3) is 0.941. The van der Waals surface area contributed by atoms with Crippen molar-refractivity contribution in [3.05, 3.63) is 0 Å². The third-order valence-corrected chi connectivity index (χ3v) is 6.03. The molecule has 2 N–H and O–H groups in total. The molecule has 3 rings (SSSR count). The molecule has 5 unspecified atom stereocenters. The van der Waals surface area contributed by atoms with Crippen molar-refractivity contribution in [2.75, 3.05) is 19.6 Å². The highest BCUT2D eigenvalue weighted by Gasteiger charge is 2.31. The van der Waals surface area contributed by atoms with Gasteiger partial charge in [-0.3, -0.25) is 9.69 Å². The first-order chi connectivity index (χ1) is 10.1. The normalized spacial score (nSPS) is 38.9. The van der Waals surface area contributed by atoms with E-state index in [4.69, 9.17) is 0 Å². The van der Waals surface area contributed by atoms with E-state index in [-0.39, 0.29) is 18.3 Å². The zero-order chi connectivity index (χ0) is 14.8. The van der Waals surface area contributed by atoms with Gasteiger partial charge >= 0.3 is 0 Å². The lowest BCUT2D eigenvalue weighted by atomic mass is 9.78. The number of nitrogens with zero attached hydrogens (tertiary/aromatic N) is 1. The molecule has 0 aromatic heterocycles. The van der Waals surface area contributed by atoms with Crippen molar-refractivity contribution >= 4 is 18.3 Å². The van der Waals surface area contributed by atoms with Crippen LogP contribution in [0.15, 0.2) is 0 Å². The van der Waals surface area contributed by atoms with Gasteiger partial charge < -0.3 is 10.6 Å². The minimum Gasteiger partial charge on any atom is -0.352 e. The average molecular weight is 330 g/mol. The Kier molecular flexibility index (Phi) is 6.54. The van der Waals surface area contributed by atoms with Crippen molar-refractivity contribution in [3.8, 4) is 0 Å². The van der Waals surface area contributed by atoms with E-state index in [9.17, 15) is 4.79 Å². The standard InChI is InChI=1S/C17H31N3O.ClH/c1-12-4-3-5-16(13(12)2)19-17(21)11-20-9-8-14-6-7-15(10-20)18-14;/h12-16,18H,3-11H2,1-2H3,(H,19,21);1H. The second kappa shape index (κ2) is 7.98. The average Bonchev–Trinajstić information content (AvgIpc) is 2.78. The SMILES string of the molecule is CC1CCCC(NC(=O)CN2CCC3CCC(C2)N3)C1C.Cl. The number of amides is 1. The summed E-state index contributed by atoms with van der Waals surface area (Å²) in [5.74, 6) is 1.59. The molecule has 3 fully saturated rings. The molecule has 4 nitrogen and oxygen atoms in total. The molecule has 0 aromatic carbocycles. The van der Waals surface area contributed by atoms with E-state index in [0.29, 0.717) is 30.6 Å². The Balaban J connectivity index is 0.00000176. The largest absolute Gasteiger partial charge is 0.352 e. The number of halogens is 1. The third-order valence-electron chi connectivity index (χ3n) is 6.03. The maximum absolute atomic E-state index is 12.4. The summed E-state index contributed by atoms with van der Waals surface area (Å²) in [6, 6.07) is 1.70. The summed E-state index contributed by atoms with van der Waals surface area (Å²) in [5.41, 5.74) is 0. The Morgan fingerprint density at radius 3 is 2.73 bits per heavy atom. The van der Waals surface area contributed by atoms with E-state index in [0.717, 1.165) is 25.4 Å². The summed E-state index contributed by atoms with van der Waals surface area (Å²) in [6.07, 6.45) is 7.52. The Morgan fingerprint density at radius 1 is 1.14 bits per heavy atom. The number of hydrogen-bond acceptors (Lipinski definition) is 3. The number of carbonyl (C=O) groups excluding carboxylic acids is 1. The smallest absolute Gasteiger partial charge is 0.234 e. The van der Waals surface area contributed by atoms with Crippen LogP contribution in [-0.4, -0.2) is 48.6 Å². The Bertz CT molecular complexity index is 379. The fourth-order valence-corrected chi connectivity index (χ4v) is 4.40. The van der Waals surface area contributed by atoms with Crippen molar-refractivity contribution in [1.29, 1.82) is 0 Å². The molecular weight excluding hydrogens is 298 g/mol. The van der Waals surface area contributed by atoms with E-state index in [1.807, 2.05) is 0 Å². The van der Waals surface area contributed by atoms with Crippen LogP contribution in [0.5, 0.6) is 0 Å². The van der Waals surface area contributed by atoms with Gasteiger partial charge in [-0.25, -0.2) is 0 Å². The first-order valence-electron chi connectivity index (χ1n) is 8.89. The first-order valence-corrected chi connectivity index (χ1v) is 8.89. The minimum atomic E-state index is 0. The van der Waals surface area contributed by atoms with Crippen LogP contribution in [0, 0.1) is 11.8 Å². The molecule has 1 saturated carbocycles. The first kappa shape index (κ1) is 18.0. The molecule has 1 aliphatic carbocycles. The van der Waals surface area contributed by atoms with E-state index < -0.39 is 0 Å². The van der Waals surface area contributed by atoms with Gasteiger partial charge in [0.2, 0.25) is 5.91 Å². The van der Waals surface area contributed by atoms with Gasteiger partial charge in [0.15, 0.2) is 0 Å². The van der Waals surface area contributed by atoms with Gasteiger partial charge in [0.25, 0.3) is 0 Å². The molecule has 0 radical (unpaired) electrons. The molecule has 1 amide bonds. The zero-order valence-corrected chi connectivity index (χ0v) is 14.8. The Labute approximate surface area is 141 Å². The topological polar surface area (TPSA) is 44.4 Å². The molecule has 5 heteroatoms. The third kappa shape index (κ3) is 4.36. The molecule has 2 aliphatic heterocycles. The highest BCUT2D eigenvalue weighted by atomic mass is 35.5. The van der Waals surface area contributed by atoms with Gasteiger partial charge in [-0.1, -0.05) is 26.7 Å². The van der Waals surface area contributed by atoms with Crippen LogP contribution >= 0.6 is 12.4 Å². The summed E-state index contributed by atoms with van der Waals surface area (Å²) in [4.78, 5) is 14.7. The lowest BCUT2D eigenvalue weighted by Crippen LogP contribution is -2.48. The van der Waals surface area contributed by atoms with Crippen LogP contribution in [0.3, 0.4) is 0 Å². The van der Waals surface area contributed by atoms with Crippen LogP contribution in [0.1, 0.15) is 52.4 Å². The monoisotopic (exact) mass is 329 g/mol. The maximum atomic E-state index is 12.4. The second-order valence-corrected chi connectivity index (χ2v) is 7.60. The van der Waals surface area contributed by atoms with Crippen LogP contribution in [-0.2, 0) is 4.79 Å². The zero-order valence-electron chi connectivity index (χ0n) is 14.0. The lowest BCUT2D eigenvalue weighted by Gasteiger charge is -2.35. The van der Waals surface area contributed by atoms with E-state index in [2.05, 4.69) is 29.4 Å². The van der Waals surface area contributed by atoms with E-state index in [1.165, 1.54) is 32.1 Å². The molecule has 0 spiro atoms. The number of rotatable bonds is 3. The molecular formula is C17H32ClN3O. The molecule has 2 saturated heterocycles. The number of hydrogen-bond donors (Lipinski definition) is 2. The predicted octanol–water partition coefficient (Wildman–Crippen LogP) is 2.18. The van der Waals surface area contributed by atoms with E-state index in [1.54, 1.807) is 0 Å². The van der Waals surface area contributed by atoms with Gasteiger partial charge in [0.1, 0.15) is 0 Å². The van der Waals surface area contributed by atoms with Crippen molar-refractivity contribution in [3.63, 3.8) is 0 Å². The second-order valence-electron chi connectivity index (χ2n) is 7.60. The van der Waals surface area contributed by atoms with Crippen LogP contribution in [0.25, 0.3) is 0 Å². The van der Waals surface area contributed by atoms with Gasteiger partial charge in [0.05, 0.1) is 6.54 Å². The quantitative estimate of drug-likeness (QED) is 0.834. The Morgan fingerprint density at radius 2 is 1.91 bits per heavy atom. The number of likely N-dealkylation sites (tertiary alicyclic amines) is 1. The van der Waals surface area contributed by atoms with Crippen LogP contribution < -0.4 is 10.6 Å². The van der Waals surface area contributed by atoms with Gasteiger partial charge in [-0.2, -0.15) is 0 Å². The summed E-state index contributed by atoms with van der Waals surface area (Å²) in [5, 5.41) is 6.99. The van der Waals surface area contributed by atoms with Gasteiger partial charge in [-0.05, 0) is 37.5 Å². The van der Waals surface area contributed by atoms with Crippen molar-refractivity contribution in [2.24, 2.45) is 11.8 Å². The highest BCUT2D eigenvalue weighted by molar-refractivity contribution is 5.85. The predicted molar refractivity (Wildman–Crippen MR) is 92.4 cm³/mol. The summed E-state index contributed by atoms with van der Waals surface area (Å²) < 4.78 is 0. The van der Waals surface area contributed by atoms with Crippen LogP contribution in [0.2, 0.25) is 0 Å². The van der Waals surface area contributed by atoms with Gasteiger partial charge in [-0.15, -0.1) is 12.4 Å². The molecule has 0 aromatic rings. The molecule has 2 bridgehead atoms. The minimum absolute atomic E-state index is 0. The summed E-state index contributed by atoms with van der Waals surface area (Å²) >= 11 is 0. The molecule has 22 heavy (non-hydrogen) atoms. The van der Waals surface area contributed by atoms with E-state index >= 15 is 0 Å². The van der Waals surface area contributed by atoms with Crippen LogP contribution in [0.4, 0.5) is 0 Å². The fourth-order valence-electron chi connectivity index (χ4n) is 4.40. The van der Waals surface area contributed by atoms with Crippen molar-refractivity contribution in [2.45, 2.75) is 70.5 Å². The number of nitrogens with one attached hydrogen (secondary N) is 2. The molecule has 128 valence electrons. The highest BCUT2D eigenvalue weighted by Crippen LogP contribution is 2.29. The number of carbonyl (C=O) groups is 1. The van der Waals surface area contributed by atoms with Crippen molar-refractivity contribution < 1.29 is 4.79 Å². The Hall–Kier alpha value is -0.320. The number of fused-ring (bicyclic) bond motifs is 2. The summed E-state index contributed by atoms with van der Waals surface area (Å²) in [7, 11) is 0. The molecule has 5 atom stereocenters. The molecule has 2 heterocycles. The lowest BCUT2D eigenvalue weighted by molar-refractivity contribution is -0.123.